The van der Waals surface area contributed by atoms with Crippen LogP contribution in [0.4, 0.5) is 0 Å². The van der Waals surface area contributed by atoms with Gasteiger partial charge in [0.2, 0.25) is 0 Å². The van der Waals surface area contributed by atoms with Crippen molar-refractivity contribution in [2.24, 2.45) is 0 Å². The van der Waals surface area contributed by atoms with Gasteiger partial charge in [-0.1, -0.05) is 19.3 Å². The molecule has 1 aliphatic carbocycles. The van der Waals surface area contributed by atoms with Crippen LogP contribution in [0, 0.1) is 6.92 Å². The summed E-state index contributed by atoms with van der Waals surface area (Å²) in [6.07, 6.45) is 6.91. The number of thiophene rings is 1. The molecule has 0 unspecified atom stereocenters. The first kappa shape index (κ1) is 15.9. The third-order valence-electron chi connectivity index (χ3n) is 5.09. The zero-order chi connectivity index (χ0) is 15.6. The molecule has 1 aliphatic heterocycles. The van der Waals surface area contributed by atoms with Gasteiger partial charge in [-0.15, -0.1) is 11.3 Å². The molecule has 3 nitrogen and oxygen atoms in total. The Bertz CT molecular complexity index is 670. The molecular formula is C18H25N3S2. The molecule has 2 aliphatic rings. The van der Waals surface area contributed by atoms with Gasteiger partial charge in [-0.2, -0.15) is 11.8 Å². The zero-order valence-corrected chi connectivity index (χ0v) is 15.5. The second kappa shape index (κ2) is 7.08. The van der Waals surface area contributed by atoms with Gasteiger partial charge in [0.1, 0.15) is 10.7 Å². The lowest BCUT2D eigenvalue weighted by atomic mass is 9.88. The summed E-state index contributed by atoms with van der Waals surface area (Å²) in [5.41, 5.74) is 1.25. The van der Waals surface area contributed by atoms with Crippen LogP contribution in [0.5, 0.6) is 0 Å². The summed E-state index contributed by atoms with van der Waals surface area (Å²) in [6, 6.07) is 2.42. The third kappa shape index (κ3) is 3.57. The zero-order valence-electron chi connectivity index (χ0n) is 13.9. The molecule has 124 valence electrons. The van der Waals surface area contributed by atoms with Gasteiger partial charge in [0.05, 0.1) is 5.69 Å². The minimum atomic E-state index is 0.766. The van der Waals surface area contributed by atoms with Crippen molar-refractivity contribution in [2.45, 2.75) is 51.5 Å². The van der Waals surface area contributed by atoms with Crippen LogP contribution in [0.15, 0.2) is 6.07 Å². The van der Waals surface area contributed by atoms with Gasteiger partial charge in [-0.3, -0.25) is 4.90 Å². The Kier molecular flexibility index (Phi) is 4.88. The second-order valence-electron chi connectivity index (χ2n) is 6.81. The van der Waals surface area contributed by atoms with Crippen LogP contribution in [0.1, 0.15) is 54.4 Å². The average molecular weight is 348 g/mol. The highest BCUT2D eigenvalue weighted by Gasteiger charge is 2.21. The van der Waals surface area contributed by atoms with Crippen molar-refractivity contribution >= 4 is 33.3 Å². The number of rotatable bonds is 3. The van der Waals surface area contributed by atoms with Gasteiger partial charge in [0.25, 0.3) is 0 Å². The monoisotopic (exact) mass is 347 g/mol. The number of fused-ring (bicyclic) bond motifs is 1. The maximum absolute atomic E-state index is 4.80. The van der Waals surface area contributed by atoms with E-state index in [-0.39, 0.29) is 0 Å². The molecule has 0 spiro atoms. The van der Waals surface area contributed by atoms with Crippen LogP contribution in [-0.4, -0.2) is 39.5 Å². The molecule has 0 amide bonds. The largest absolute Gasteiger partial charge is 0.296 e. The highest BCUT2D eigenvalue weighted by molar-refractivity contribution is 7.99. The summed E-state index contributed by atoms with van der Waals surface area (Å²) in [7, 11) is 0. The molecule has 3 heterocycles. The fourth-order valence-corrected chi connectivity index (χ4v) is 6.04. The van der Waals surface area contributed by atoms with Crippen molar-refractivity contribution < 1.29 is 0 Å². The third-order valence-corrected chi connectivity index (χ3v) is 7.22. The fraction of sp³-hybridized carbons (Fsp3) is 0.667. The standard InChI is InChI=1S/C18H25N3S2/c1-13-19-16(12-21-7-9-22-10-8-21)15-11-17(23-18(15)20-13)14-5-3-2-4-6-14/h11,14H,2-10,12H2,1H3. The highest BCUT2D eigenvalue weighted by atomic mass is 32.2. The Balaban J connectivity index is 1.64. The Morgan fingerprint density at radius 1 is 1.13 bits per heavy atom. The first-order valence-electron chi connectivity index (χ1n) is 8.86. The first-order valence-corrected chi connectivity index (χ1v) is 10.8. The maximum atomic E-state index is 4.80. The van der Waals surface area contributed by atoms with Crippen LogP contribution in [0.2, 0.25) is 0 Å². The molecule has 0 N–H and O–H groups in total. The summed E-state index contributed by atoms with van der Waals surface area (Å²) in [6.45, 7) is 5.40. The van der Waals surface area contributed by atoms with Crippen molar-refractivity contribution in [2.75, 3.05) is 24.6 Å². The van der Waals surface area contributed by atoms with Crippen LogP contribution in [0.25, 0.3) is 10.2 Å². The number of thioether (sulfide) groups is 1. The van der Waals surface area contributed by atoms with Crippen LogP contribution < -0.4 is 0 Å². The van der Waals surface area contributed by atoms with E-state index in [0.29, 0.717) is 0 Å². The minimum absolute atomic E-state index is 0.766. The van der Waals surface area contributed by atoms with E-state index in [4.69, 9.17) is 9.97 Å². The maximum Gasteiger partial charge on any atom is 0.127 e. The molecule has 2 fully saturated rings. The predicted octanol–water partition coefficient (Wildman–Crippen LogP) is 4.60. The average Bonchev–Trinajstić information content (AvgIpc) is 3.01. The molecular weight excluding hydrogens is 322 g/mol. The molecule has 1 saturated heterocycles. The van der Waals surface area contributed by atoms with Crippen molar-refractivity contribution in [1.82, 2.24) is 14.9 Å². The van der Waals surface area contributed by atoms with E-state index in [0.717, 1.165) is 18.3 Å². The van der Waals surface area contributed by atoms with Gasteiger partial charge in [0.15, 0.2) is 0 Å². The van der Waals surface area contributed by atoms with E-state index in [1.807, 2.05) is 18.3 Å². The summed E-state index contributed by atoms with van der Waals surface area (Å²) < 4.78 is 0. The quantitative estimate of drug-likeness (QED) is 0.811. The van der Waals surface area contributed by atoms with E-state index >= 15 is 0 Å². The topological polar surface area (TPSA) is 29.0 Å². The number of aromatic nitrogens is 2. The predicted molar refractivity (Wildman–Crippen MR) is 101 cm³/mol. The van der Waals surface area contributed by atoms with Crippen molar-refractivity contribution in [3.63, 3.8) is 0 Å². The fourth-order valence-electron chi connectivity index (χ4n) is 3.80. The molecule has 0 aromatic carbocycles. The summed E-state index contributed by atoms with van der Waals surface area (Å²) >= 11 is 3.99. The van der Waals surface area contributed by atoms with E-state index in [1.165, 1.54) is 72.6 Å². The number of nitrogens with zero attached hydrogens (tertiary/aromatic N) is 3. The van der Waals surface area contributed by atoms with Gasteiger partial charge in [0, 0.05) is 41.4 Å². The van der Waals surface area contributed by atoms with Crippen molar-refractivity contribution in [1.29, 1.82) is 0 Å². The van der Waals surface area contributed by atoms with Gasteiger partial charge in [-0.05, 0) is 31.7 Å². The summed E-state index contributed by atoms with van der Waals surface area (Å²) in [5.74, 6) is 4.20. The van der Waals surface area contributed by atoms with Crippen molar-refractivity contribution in [3.05, 3.63) is 22.5 Å². The Hall–Kier alpha value is -0.650. The molecule has 0 bridgehead atoms. The first-order chi connectivity index (χ1) is 11.3. The molecule has 1 saturated carbocycles. The lowest BCUT2D eigenvalue weighted by Crippen LogP contribution is -2.32. The molecule has 2 aromatic rings. The summed E-state index contributed by atoms with van der Waals surface area (Å²) in [4.78, 5) is 14.8. The molecule has 0 radical (unpaired) electrons. The second-order valence-corrected chi connectivity index (χ2v) is 9.10. The smallest absolute Gasteiger partial charge is 0.127 e. The Labute approximate surface area is 146 Å². The minimum Gasteiger partial charge on any atom is -0.296 e. The molecule has 4 rings (SSSR count). The lowest BCUT2D eigenvalue weighted by Gasteiger charge is -2.25. The number of aryl methyl sites for hydroxylation is 1. The van der Waals surface area contributed by atoms with E-state index < -0.39 is 0 Å². The van der Waals surface area contributed by atoms with Crippen LogP contribution >= 0.6 is 23.1 Å². The lowest BCUT2D eigenvalue weighted by molar-refractivity contribution is 0.292. The SMILES string of the molecule is Cc1nc(CN2CCSCC2)c2cc(C3CCCCC3)sc2n1. The van der Waals surface area contributed by atoms with Gasteiger partial charge < -0.3 is 0 Å². The molecule has 23 heavy (non-hydrogen) atoms. The Morgan fingerprint density at radius 2 is 1.91 bits per heavy atom. The van der Waals surface area contributed by atoms with Crippen molar-refractivity contribution in [3.8, 4) is 0 Å². The van der Waals surface area contributed by atoms with Crippen LogP contribution in [-0.2, 0) is 6.54 Å². The molecule has 0 atom stereocenters. The van der Waals surface area contributed by atoms with Crippen LogP contribution in [0.3, 0.4) is 0 Å². The van der Waals surface area contributed by atoms with E-state index in [1.54, 1.807) is 4.88 Å². The van der Waals surface area contributed by atoms with Gasteiger partial charge >= 0.3 is 0 Å². The summed E-state index contributed by atoms with van der Waals surface area (Å²) in [5, 5.41) is 1.32. The molecule has 5 heteroatoms. The number of hydrogen-bond acceptors (Lipinski definition) is 5. The molecule has 2 aromatic heterocycles. The number of hydrogen-bond donors (Lipinski definition) is 0. The van der Waals surface area contributed by atoms with E-state index in [2.05, 4.69) is 22.7 Å². The normalized spacial score (nSPS) is 21.1. The van der Waals surface area contributed by atoms with E-state index in [9.17, 15) is 0 Å². The highest BCUT2D eigenvalue weighted by Crippen LogP contribution is 2.39. The Morgan fingerprint density at radius 3 is 2.70 bits per heavy atom. The van der Waals surface area contributed by atoms with Gasteiger partial charge in [-0.25, -0.2) is 9.97 Å².